The number of aryl methyl sites for hydroxylation is 1. The van der Waals surface area contributed by atoms with Crippen LogP contribution in [0.15, 0.2) is 18.2 Å². The smallest absolute Gasteiger partial charge is 0.274 e. The molecule has 6 heteroatoms. The van der Waals surface area contributed by atoms with Crippen molar-refractivity contribution in [2.24, 2.45) is 7.05 Å². The highest BCUT2D eigenvalue weighted by atomic mass is 16.6. The van der Waals surface area contributed by atoms with E-state index in [4.69, 9.17) is 0 Å². The molecule has 1 heterocycles. The van der Waals surface area contributed by atoms with Gasteiger partial charge in [0, 0.05) is 12.6 Å². The first kappa shape index (κ1) is 9.60. The lowest BCUT2D eigenvalue weighted by atomic mass is 10.2. The fourth-order valence-electron chi connectivity index (χ4n) is 1.33. The van der Waals surface area contributed by atoms with Crippen LogP contribution in [0, 0.1) is 0 Å². The Balaban J connectivity index is 2.43. The molecule has 0 aliphatic heterocycles. The van der Waals surface area contributed by atoms with Crippen molar-refractivity contribution >= 4 is 16.9 Å². The molecule has 15 heavy (non-hydrogen) atoms. The van der Waals surface area contributed by atoms with Crippen LogP contribution in [0.3, 0.4) is 0 Å². The number of carbonyl (C=O) groups excluding carboxylic acids is 1. The standard InChI is InChI=1S/C9H10N4O2/c1-13-8-4-3-6(9(14)11-15-2)5-7(8)10-12-13/h3-5H,1-2H3,(H,11,14). The molecule has 0 radical (unpaired) electrons. The van der Waals surface area contributed by atoms with Crippen LogP contribution in [0.2, 0.25) is 0 Å². The number of hydroxylamine groups is 1. The van der Waals surface area contributed by atoms with Gasteiger partial charge >= 0.3 is 0 Å². The zero-order chi connectivity index (χ0) is 10.8. The molecule has 0 saturated heterocycles. The predicted molar refractivity (Wildman–Crippen MR) is 53.0 cm³/mol. The van der Waals surface area contributed by atoms with Crippen LogP contribution in [-0.4, -0.2) is 28.0 Å². The minimum atomic E-state index is -0.301. The van der Waals surface area contributed by atoms with Gasteiger partial charge < -0.3 is 0 Å². The fourth-order valence-corrected chi connectivity index (χ4v) is 1.33. The van der Waals surface area contributed by atoms with Gasteiger partial charge in [-0.2, -0.15) is 0 Å². The lowest BCUT2D eigenvalue weighted by molar-refractivity contribution is 0.0538. The van der Waals surface area contributed by atoms with E-state index >= 15 is 0 Å². The molecule has 1 amide bonds. The van der Waals surface area contributed by atoms with Crippen molar-refractivity contribution in [2.75, 3.05) is 7.11 Å². The van der Waals surface area contributed by atoms with E-state index < -0.39 is 0 Å². The summed E-state index contributed by atoms with van der Waals surface area (Å²) >= 11 is 0. The first-order valence-corrected chi connectivity index (χ1v) is 4.35. The monoisotopic (exact) mass is 206 g/mol. The normalized spacial score (nSPS) is 10.5. The second kappa shape index (κ2) is 3.66. The molecule has 1 aromatic heterocycles. The van der Waals surface area contributed by atoms with Gasteiger partial charge in [-0.15, -0.1) is 5.10 Å². The molecule has 0 fully saturated rings. The van der Waals surface area contributed by atoms with E-state index in [0.717, 1.165) is 5.52 Å². The van der Waals surface area contributed by atoms with Gasteiger partial charge in [0.15, 0.2) is 0 Å². The molecule has 1 aromatic carbocycles. The predicted octanol–water partition coefficient (Wildman–Crippen LogP) is 0.259. The van der Waals surface area contributed by atoms with E-state index in [9.17, 15) is 4.79 Å². The van der Waals surface area contributed by atoms with Gasteiger partial charge in [-0.3, -0.25) is 9.63 Å². The number of aromatic nitrogens is 3. The Kier molecular flexibility index (Phi) is 2.34. The zero-order valence-electron chi connectivity index (χ0n) is 8.39. The van der Waals surface area contributed by atoms with Gasteiger partial charge in [0.05, 0.1) is 12.6 Å². The van der Waals surface area contributed by atoms with Gasteiger partial charge in [-0.05, 0) is 18.2 Å². The minimum absolute atomic E-state index is 0.301. The van der Waals surface area contributed by atoms with Crippen molar-refractivity contribution < 1.29 is 9.63 Å². The van der Waals surface area contributed by atoms with E-state index in [1.807, 2.05) is 0 Å². The second-order valence-electron chi connectivity index (χ2n) is 3.05. The fraction of sp³-hybridized carbons (Fsp3) is 0.222. The molecule has 0 aliphatic carbocycles. The topological polar surface area (TPSA) is 69.0 Å². The Hall–Kier alpha value is -1.95. The molecule has 1 N–H and O–H groups in total. The number of nitrogens with zero attached hydrogens (tertiary/aromatic N) is 3. The number of fused-ring (bicyclic) bond motifs is 1. The molecule has 0 spiro atoms. The van der Waals surface area contributed by atoms with Crippen LogP contribution in [-0.2, 0) is 11.9 Å². The number of nitrogens with one attached hydrogen (secondary N) is 1. The average molecular weight is 206 g/mol. The van der Waals surface area contributed by atoms with Crippen molar-refractivity contribution in [2.45, 2.75) is 0 Å². The van der Waals surface area contributed by atoms with Crippen molar-refractivity contribution in [3.8, 4) is 0 Å². The molecule has 0 atom stereocenters. The Morgan fingerprint density at radius 1 is 1.53 bits per heavy atom. The maximum Gasteiger partial charge on any atom is 0.274 e. The number of carbonyl (C=O) groups is 1. The van der Waals surface area contributed by atoms with Crippen LogP contribution >= 0.6 is 0 Å². The van der Waals surface area contributed by atoms with Crippen molar-refractivity contribution in [3.05, 3.63) is 23.8 Å². The van der Waals surface area contributed by atoms with Crippen LogP contribution < -0.4 is 5.48 Å². The lowest BCUT2D eigenvalue weighted by Crippen LogP contribution is -2.21. The number of rotatable bonds is 2. The van der Waals surface area contributed by atoms with Crippen molar-refractivity contribution in [1.29, 1.82) is 0 Å². The van der Waals surface area contributed by atoms with E-state index in [1.165, 1.54) is 7.11 Å². The van der Waals surface area contributed by atoms with Crippen LogP contribution in [0.5, 0.6) is 0 Å². The number of hydrogen-bond donors (Lipinski definition) is 1. The largest absolute Gasteiger partial charge is 0.277 e. The Morgan fingerprint density at radius 2 is 2.33 bits per heavy atom. The number of hydrogen-bond acceptors (Lipinski definition) is 4. The highest BCUT2D eigenvalue weighted by Gasteiger charge is 2.08. The van der Waals surface area contributed by atoms with E-state index in [-0.39, 0.29) is 5.91 Å². The first-order chi connectivity index (χ1) is 7.22. The quantitative estimate of drug-likeness (QED) is 0.715. The molecule has 0 unspecified atom stereocenters. The van der Waals surface area contributed by atoms with Crippen LogP contribution in [0.25, 0.3) is 11.0 Å². The maximum atomic E-state index is 11.4. The van der Waals surface area contributed by atoms with Crippen molar-refractivity contribution in [3.63, 3.8) is 0 Å². The molecular formula is C9H10N4O2. The Bertz CT molecular complexity index is 506. The summed E-state index contributed by atoms with van der Waals surface area (Å²) in [7, 11) is 3.18. The van der Waals surface area contributed by atoms with Gasteiger partial charge in [-0.25, -0.2) is 10.2 Å². The summed E-state index contributed by atoms with van der Waals surface area (Å²) in [5, 5.41) is 7.76. The maximum absolute atomic E-state index is 11.4. The summed E-state index contributed by atoms with van der Waals surface area (Å²) in [6, 6.07) is 5.15. The summed E-state index contributed by atoms with van der Waals surface area (Å²) in [4.78, 5) is 15.9. The van der Waals surface area contributed by atoms with Crippen molar-refractivity contribution in [1.82, 2.24) is 20.5 Å². The summed E-state index contributed by atoms with van der Waals surface area (Å²) in [6.45, 7) is 0. The molecule has 2 aromatic rings. The summed E-state index contributed by atoms with van der Waals surface area (Å²) < 4.78 is 1.65. The molecular weight excluding hydrogens is 196 g/mol. The van der Waals surface area contributed by atoms with Gasteiger partial charge in [0.1, 0.15) is 5.52 Å². The molecule has 78 valence electrons. The first-order valence-electron chi connectivity index (χ1n) is 4.35. The Morgan fingerprint density at radius 3 is 3.07 bits per heavy atom. The minimum Gasteiger partial charge on any atom is -0.277 e. The lowest BCUT2D eigenvalue weighted by Gasteiger charge is -2.01. The number of amides is 1. The molecule has 0 aliphatic rings. The third-order valence-electron chi connectivity index (χ3n) is 2.07. The van der Waals surface area contributed by atoms with Crippen LogP contribution in [0.1, 0.15) is 10.4 Å². The molecule has 0 bridgehead atoms. The number of benzene rings is 1. The molecule has 6 nitrogen and oxygen atoms in total. The van der Waals surface area contributed by atoms with Gasteiger partial charge in [-0.1, -0.05) is 5.21 Å². The summed E-state index contributed by atoms with van der Waals surface area (Å²) in [5.74, 6) is -0.301. The highest BCUT2D eigenvalue weighted by Crippen LogP contribution is 2.12. The van der Waals surface area contributed by atoms with Crippen LogP contribution in [0.4, 0.5) is 0 Å². The highest BCUT2D eigenvalue weighted by molar-refractivity contribution is 5.96. The van der Waals surface area contributed by atoms with E-state index in [0.29, 0.717) is 11.1 Å². The summed E-state index contributed by atoms with van der Waals surface area (Å²) in [5.41, 5.74) is 4.29. The van der Waals surface area contributed by atoms with Gasteiger partial charge in [0.2, 0.25) is 0 Å². The van der Waals surface area contributed by atoms with E-state index in [2.05, 4.69) is 20.6 Å². The average Bonchev–Trinajstić information content (AvgIpc) is 2.60. The zero-order valence-corrected chi connectivity index (χ0v) is 8.39. The summed E-state index contributed by atoms with van der Waals surface area (Å²) in [6.07, 6.45) is 0. The molecule has 0 saturated carbocycles. The second-order valence-corrected chi connectivity index (χ2v) is 3.05. The third-order valence-corrected chi connectivity index (χ3v) is 2.07. The SMILES string of the molecule is CONC(=O)c1ccc2c(c1)nnn2C. The van der Waals surface area contributed by atoms with E-state index in [1.54, 1.807) is 29.9 Å². The third kappa shape index (κ3) is 1.66. The molecule has 2 rings (SSSR count). The van der Waals surface area contributed by atoms with Gasteiger partial charge in [0.25, 0.3) is 5.91 Å². The Labute approximate surface area is 85.8 Å².